The SMILES string of the molecule is C.C.O=[N+]([O-])c1ccnc(CBr)c1.O=[N+]([O-])c1ccnc(CN(Cc2ccccn2)CC(O)CN(Cc2ccccn2)Cc2ccccn2)c1.OC(CNCc1ccccn1)CN(Cc1ccccn1)Cc1ccccn1. The largest absolute Gasteiger partial charge is 0.390 e. The summed E-state index contributed by atoms with van der Waals surface area (Å²) in [6.07, 6.45) is 12.2. The number of pyridine rings is 8. The van der Waals surface area contributed by atoms with Gasteiger partial charge in [-0.1, -0.05) is 67.2 Å². The van der Waals surface area contributed by atoms with Gasteiger partial charge < -0.3 is 15.5 Å². The maximum Gasteiger partial charge on any atom is 0.272 e. The van der Waals surface area contributed by atoms with Crippen LogP contribution in [-0.4, -0.2) is 113 Å². The normalized spacial score (nSPS) is 11.5. The van der Waals surface area contributed by atoms with Gasteiger partial charge in [-0.15, -0.1) is 0 Å². The Labute approximate surface area is 458 Å². The van der Waals surface area contributed by atoms with Crippen LogP contribution in [0.25, 0.3) is 0 Å². The van der Waals surface area contributed by atoms with E-state index in [1.807, 2.05) is 114 Å². The molecule has 21 heteroatoms. The van der Waals surface area contributed by atoms with Gasteiger partial charge in [0.1, 0.15) is 0 Å². The van der Waals surface area contributed by atoms with Crippen molar-refractivity contribution in [3.63, 3.8) is 0 Å². The number of aromatic nitrogens is 8. The van der Waals surface area contributed by atoms with Crippen molar-refractivity contribution < 1.29 is 20.1 Å². The lowest BCUT2D eigenvalue weighted by molar-refractivity contribution is -0.385. The van der Waals surface area contributed by atoms with Crippen molar-refractivity contribution in [1.82, 2.24) is 59.9 Å². The Morgan fingerprint density at radius 3 is 1.05 bits per heavy atom. The zero-order valence-electron chi connectivity index (χ0n) is 41.2. The number of hydrogen-bond donors (Lipinski definition) is 3. The summed E-state index contributed by atoms with van der Waals surface area (Å²) in [6.45, 7) is 5.60. The van der Waals surface area contributed by atoms with Crippen molar-refractivity contribution in [3.05, 3.63) is 249 Å². The number of nitro groups is 2. The molecule has 8 rings (SSSR count). The van der Waals surface area contributed by atoms with Crippen LogP contribution in [0.2, 0.25) is 0 Å². The molecule has 8 aromatic rings. The molecule has 0 saturated carbocycles. The Morgan fingerprint density at radius 2 is 0.727 bits per heavy atom. The third kappa shape index (κ3) is 23.8. The van der Waals surface area contributed by atoms with Gasteiger partial charge in [-0.25, -0.2) is 0 Å². The molecule has 8 aromatic heterocycles. The first-order valence-electron chi connectivity index (χ1n) is 24.0. The Balaban J connectivity index is 0.000000279. The van der Waals surface area contributed by atoms with E-state index in [-0.39, 0.29) is 26.2 Å². The number of hydrogen-bond acceptors (Lipinski definition) is 18. The summed E-state index contributed by atoms with van der Waals surface area (Å²) in [5.41, 5.74) is 6.82. The van der Waals surface area contributed by atoms with Gasteiger partial charge >= 0.3 is 0 Å². The van der Waals surface area contributed by atoms with E-state index in [1.165, 1.54) is 36.7 Å². The van der Waals surface area contributed by atoms with Gasteiger partial charge in [0.25, 0.3) is 11.4 Å². The standard InChI is InChI=1S/C27H29N7O3.C21H25N5O.C6H5BrN2O2.2CH4/c35-27(20-32(16-22-7-1-4-11-28-22)17-23-8-2-5-12-29-23)21-33(18-24-9-3-6-13-30-24)19-25-15-26(34(36)37)10-14-31-25;27-21(14-22-13-18-7-1-4-10-23-18)17-26(15-19-8-2-5-11-24-19)16-20-9-3-6-12-25-20;7-4-5-3-6(9(10)11)1-2-8-5;;/h1-15,27,35H,16-21H2;1-12,21-22,27H,13-17H2;1-3H,4H2;2*1H4. The second-order valence-corrected chi connectivity index (χ2v) is 17.6. The van der Waals surface area contributed by atoms with Crippen molar-refractivity contribution in [2.75, 3.05) is 26.2 Å². The number of nitrogens with zero attached hydrogens (tertiary/aromatic N) is 13. The number of alkyl halides is 1. The Morgan fingerprint density at radius 1 is 0.429 bits per heavy atom. The Bertz CT molecular complexity index is 2780. The summed E-state index contributed by atoms with van der Waals surface area (Å²) in [5.74, 6) is 0. The third-order valence-corrected chi connectivity index (χ3v) is 11.5. The van der Waals surface area contributed by atoms with E-state index in [1.54, 1.807) is 37.2 Å². The lowest BCUT2D eigenvalue weighted by Crippen LogP contribution is -2.40. The fourth-order valence-corrected chi connectivity index (χ4v) is 7.90. The zero-order chi connectivity index (χ0) is 52.9. The first kappa shape index (κ1) is 61.8. The van der Waals surface area contributed by atoms with Crippen molar-refractivity contribution >= 4 is 27.3 Å². The molecule has 0 bridgehead atoms. The van der Waals surface area contributed by atoms with Gasteiger partial charge in [0.05, 0.1) is 67.6 Å². The molecule has 2 atom stereocenters. The van der Waals surface area contributed by atoms with Crippen LogP contribution in [0, 0.1) is 20.2 Å². The van der Waals surface area contributed by atoms with Crippen molar-refractivity contribution in [2.45, 2.75) is 78.2 Å². The second kappa shape index (κ2) is 34.7. The lowest BCUT2D eigenvalue weighted by atomic mass is 10.2. The highest BCUT2D eigenvalue weighted by molar-refractivity contribution is 9.08. The molecule has 0 aliphatic rings. The highest BCUT2D eigenvalue weighted by Crippen LogP contribution is 2.16. The van der Waals surface area contributed by atoms with E-state index in [4.69, 9.17) is 0 Å². The molecule has 404 valence electrons. The van der Waals surface area contributed by atoms with E-state index in [2.05, 4.69) is 70.9 Å². The summed E-state index contributed by atoms with van der Waals surface area (Å²) in [4.78, 5) is 61.4. The van der Waals surface area contributed by atoms with Gasteiger partial charge in [-0.05, 0) is 72.8 Å². The molecule has 77 heavy (non-hydrogen) atoms. The molecule has 0 aliphatic heterocycles. The van der Waals surface area contributed by atoms with Crippen LogP contribution in [0.4, 0.5) is 11.4 Å². The molecule has 0 saturated heterocycles. The molecule has 20 nitrogen and oxygen atoms in total. The predicted octanol–water partition coefficient (Wildman–Crippen LogP) is 8.42. The van der Waals surface area contributed by atoms with Gasteiger partial charge in [-0.3, -0.25) is 74.8 Å². The maximum atomic E-state index is 11.2. The van der Waals surface area contributed by atoms with Crippen molar-refractivity contribution in [2.24, 2.45) is 0 Å². The molecular formula is C56H67BrN14O6. The number of aliphatic hydroxyl groups is 2. The number of halogens is 1. The van der Waals surface area contributed by atoms with Gasteiger partial charge in [0.2, 0.25) is 0 Å². The average molecular weight is 1110 g/mol. The Hall–Kier alpha value is -7.76. The Kier molecular flexibility index (Phi) is 27.9. The fraction of sp³-hybridized carbons (Fsp3) is 0.286. The quantitative estimate of drug-likeness (QED) is 0.0276. The highest BCUT2D eigenvalue weighted by atomic mass is 79.9. The van der Waals surface area contributed by atoms with Gasteiger partial charge in [0.15, 0.2) is 0 Å². The minimum Gasteiger partial charge on any atom is -0.390 e. The molecule has 8 heterocycles. The number of rotatable bonds is 25. The topological polar surface area (TPSA) is 252 Å². The van der Waals surface area contributed by atoms with Crippen LogP contribution in [0.1, 0.15) is 60.4 Å². The molecule has 0 aliphatic carbocycles. The van der Waals surface area contributed by atoms with Gasteiger partial charge in [0, 0.05) is 151 Å². The van der Waals surface area contributed by atoms with E-state index in [9.17, 15) is 30.4 Å². The summed E-state index contributed by atoms with van der Waals surface area (Å²) in [6, 6.07) is 40.4. The summed E-state index contributed by atoms with van der Waals surface area (Å²) < 4.78 is 0. The number of aliphatic hydroxyl groups excluding tert-OH is 2. The van der Waals surface area contributed by atoms with Crippen LogP contribution in [0.3, 0.4) is 0 Å². The summed E-state index contributed by atoms with van der Waals surface area (Å²) >= 11 is 3.16. The summed E-state index contributed by atoms with van der Waals surface area (Å²) in [7, 11) is 0. The molecule has 0 radical (unpaired) electrons. The van der Waals surface area contributed by atoms with E-state index in [0.717, 1.165) is 34.2 Å². The van der Waals surface area contributed by atoms with Crippen molar-refractivity contribution in [3.8, 4) is 0 Å². The minimum atomic E-state index is -0.713. The van der Waals surface area contributed by atoms with Crippen LogP contribution >= 0.6 is 15.9 Å². The molecule has 0 amide bonds. The molecule has 0 aromatic carbocycles. The van der Waals surface area contributed by atoms with Crippen molar-refractivity contribution in [1.29, 1.82) is 0 Å². The van der Waals surface area contributed by atoms with Crippen LogP contribution in [0.5, 0.6) is 0 Å². The van der Waals surface area contributed by atoms with Gasteiger partial charge in [-0.2, -0.15) is 0 Å². The minimum absolute atomic E-state index is 0. The highest BCUT2D eigenvalue weighted by Gasteiger charge is 2.20. The zero-order valence-corrected chi connectivity index (χ0v) is 42.8. The van der Waals surface area contributed by atoms with E-state index >= 15 is 0 Å². The predicted molar refractivity (Wildman–Crippen MR) is 299 cm³/mol. The van der Waals surface area contributed by atoms with Crippen LogP contribution in [0.15, 0.2) is 183 Å². The lowest BCUT2D eigenvalue weighted by Gasteiger charge is -2.29. The molecular weight excluding hydrogens is 1040 g/mol. The first-order valence-corrected chi connectivity index (χ1v) is 25.1. The smallest absolute Gasteiger partial charge is 0.272 e. The molecule has 0 spiro atoms. The molecule has 2 unspecified atom stereocenters. The molecule has 0 fully saturated rings. The fourth-order valence-electron chi connectivity index (χ4n) is 7.59. The van der Waals surface area contributed by atoms with Crippen LogP contribution < -0.4 is 5.32 Å². The monoisotopic (exact) mass is 1110 g/mol. The molecule has 3 N–H and O–H groups in total. The van der Waals surface area contributed by atoms with Crippen LogP contribution in [-0.2, 0) is 51.1 Å². The first-order chi connectivity index (χ1) is 36.6. The average Bonchev–Trinajstić information content (AvgIpc) is 3.43. The third-order valence-electron chi connectivity index (χ3n) is 10.9. The van der Waals surface area contributed by atoms with E-state index in [0.29, 0.717) is 88.7 Å². The second-order valence-electron chi connectivity index (χ2n) is 17.0. The summed E-state index contributed by atoms with van der Waals surface area (Å²) in [5, 5.41) is 46.9. The maximum absolute atomic E-state index is 11.2. The number of nitrogens with one attached hydrogen (secondary N) is 1. The van der Waals surface area contributed by atoms with E-state index < -0.39 is 22.1 Å².